The SMILES string of the molecule is N#CN(CC(=O)O)c1ccccc1. The van der Waals surface area contributed by atoms with Crippen LogP contribution in [0.3, 0.4) is 0 Å². The number of carboxylic acid groups (broad SMARTS) is 1. The first kappa shape index (κ1) is 9.07. The highest BCUT2D eigenvalue weighted by atomic mass is 16.4. The Morgan fingerprint density at radius 2 is 2.08 bits per heavy atom. The second-order valence-electron chi connectivity index (χ2n) is 2.42. The van der Waals surface area contributed by atoms with Gasteiger partial charge in [-0.25, -0.2) is 0 Å². The van der Waals surface area contributed by atoms with E-state index in [2.05, 4.69) is 0 Å². The van der Waals surface area contributed by atoms with Gasteiger partial charge >= 0.3 is 5.97 Å². The van der Waals surface area contributed by atoms with Gasteiger partial charge in [0.1, 0.15) is 6.54 Å². The van der Waals surface area contributed by atoms with Crippen LogP contribution in [0.4, 0.5) is 5.69 Å². The van der Waals surface area contributed by atoms with Gasteiger partial charge in [0.25, 0.3) is 0 Å². The molecule has 0 fully saturated rings. The molecule has 0 atom stereocenters. The molecule has 1 rings (SSSR count). The number of hydrogen-bond donors (Lipinski definition) is 1. The van der Waals surface area contributed by atoms with Gasteiger partial charge in [-0.05, 0) is 12.1 Å². The lowest BCUT2D eigenvalue weighted by molar-refractivity contribution is -0.135. The fraction of sp³-hybridized carbons (Fsp3) is 0.111. The summed E-state index contributed by atoms with van der Waals surface area (Å²) in [5.41, 5.74) is 0.590. The molecular formula is C9H8N2O2. The van der Waals surface area contributed by atoms with Crippen LogP contribution in [0.15, 0.2) is 30.3 Å². The molecule has 0 saturated carbocycles. The Morgan fingerprint density at radius 3 is 2.54 bits per heavy atom. The van der Waals surface area contributed by atoms with Crippen molar-refractivity contribution in [1.82, 2.24) is 0 Å². The lowest BCUT2D eigenvalue weighted by Crippen LogP contribution is -2.24. The number of benzene rings is 1. The number of carbonyl (C=O) groups is 1. The first-order valence-corrected chi connectivity index (χ1v) is 3.68. The van der Waals surface area contributed by atoms with Crippen molar-refractivity contribution in [3.05, 3.63) is 30.3 Å². The Balaban J connectivity index is 2.80. The second kappa shape index (κ2) is 4.12. The van der Waals surface area contributed by atoms with Crippen molar-refractivity contribution in [2.45, 2.75) is 0 Å². The molecule has 0 aromatic heterocycles. The van der Waals surface area contributed by atoms with Crippen LogP contribution in [-0.2, 0) is 4.79 Å². The molecule has 0 saturated heterocycles. The molecule has 0 unspecified atom stereocenters. The average molecular weight is 176 g/mol. The van der Waals surface area contributed by atoms with Gasteiger partial charge in [-0.2, -0.15) is 5.26 Å². The summed E-state index contributed by atoms with van der Waals surface area (Å²) in [7, 11) is 0. The smallest absolute Gasteiger partial charge is 0.324 e. The molecule has 0 bridgehead atoms. The van der Waals surface area contributed by atoms with Crippen molar-refractivity contribution >= 4 is 11.7 Å². The molecule has 0 aliphatic rings. The van der Waals surface area contributed by atoms with Crippen LogP contribution in [0.5, 0.6) is 0 Å². The standard InChI is InChI=1S/C9H8N2O2/c10-7-11(6-9(12)13)8-4-2-1-3-5-8/h1-5H,6H2,(H,12,13). The largest absolute Gasteiger partial charge is 0.480 e. The molecule has 0 heterocycles. The number of rotatable bonds is 3. The van der Waals surface area contributed by atoms with Crippen LogP contribution in [0, 0.1) is 11.5 Å². The predicted molar refractivity (Wildman–Crippen MR) is 47.0 cm³/mol. The van der Waals surface area contributed by atoms with Crippen LogP contribution in [-0.4, -0.2) is 17.6 Å². The molecule has 1 N–H and O–H groups in total. The number of anilines is 1. The quantitative estimate of drug-likeness (QED) is 0.552. The topological polar surface area (TPSA) is 64.3 Å². The molecule has 4 heteroatoms. The van der Waals surface area contributed by atoms with E-state index < -0.39 is 5.97 Å². The predicted octanol–water partition coefficient (Wildman–Crippen LogP) is 1.06. The maximum Gasteiger partial charge on any atom is 0.324 e. The van der Waals surface area contributed by atoms with Crippen molar-refractivity contribution < 1.29 is 9.90 Å². The highest BCUT2D eigenvalue weighted by molar-refractivity contribution is 5.74. The Morgan fingerprint density at radius 1 is 1.46 bits per heavy atom. The van der Waals surface area contributed by atoms with Gasteiger partial charge in [0, 0.05) is 0 Å². The average Bonchev–Trinajstić information content (AvgIpc) is 2.15. The number of nitrogens with zero attached hydrogens (tertiary/aromatic N) is 2. The first-order chi connectivity index (χ1) is 6.24. The molecular weight excluding hydrogens is 168 g/mol. The van der Waals surface area contributed by atoms with Gasteiger partial charge in [-0.1, -0.05) is 18.2 Å². The lowest BCUT2D eigenvalue weighted by atomic mass is 10.3. The number of para-hydroxylation sites is 1. The third-order valence-corrected chi connectivity index (χ3v) is 1.48. The molecule has 0 spiro atoms. The summed E-state index contributed by atoms with van der Waals surface area (Å²) < 4.78 is 0. The lowest BCUT2D eigenvalue weighted by Gasteiger charge is -2.11. The molecule has 1 aromatic carbocycles. The maximum absolute atomic E-state index is 10.3. The summed E-state index contributed by atoms with van der Waals surface area (Å²) in [4.78, 5) is 11.5. The Hall–Kier alpha value is -2.02. The van der Waals surface area contributed by atoms with Gasteiger partial charge < -0.3 is 5.11 Å². The van der Waals surface area contributed by atoms with E-state index in [1.807, 2.05) is 0 Å². The molecule has 1 aromatic rings. The molecule has 4 nitrogen and oxygen atoms in total. The van der Waals surface area contributed by atoms with Crippen molar-refractivity contribution in [2.75, 3.05) is 11.4 Å². The zero-order chi connectivity index (χ0) is 9.68. The third kappa shape index (κ3) is 2.49. The van der Waals surface area contributed by atoms with Crippen molar-refractivity contribution in [1.29, 1.82) is 5.26 Å². The molecule has 0 amide bonds. The molecule has 66 valence electrons. The number of nitriles is 1. The number of carboxylic acids is 1. The van der Waals surface area contributed by atoms with Gasteiger partial charge in [-0.15, -0.1) is 0 Å². The van der Waals surface area contributed by atoms with E-state index in [4.69, 9.17) is 10.4 Å². The highest BCUT2D eigenvalue weighted by Gasteiger charge is 2.08. The second-order valence-corrected chi connectivity index (χ2v) is 2.42. The fourth-order valence-electron chi connectivity index (χ4n) is 0.928. The summed E-state index contributed by atoms with van der Waals surface area (Å²) in [6.07, 6.45) is 1.80. The van der Waals surface area contributed by atoms with E-state index in [9.17, 15) is 4.79 Å². The molecule has 13 heavy (non-hydrogen) atoms. The molecule has 0 aliphatic carbocycles. The van der Waals surface area contributed by atoms with E-state index in [1.54, 1.807) is 36.5 Å². The van der Waals surface area contributed by atoms with Gasteiger partial charge in [0.2, 0.25) is 0 Å². The van der Waals surface area contributed by atoms with Crippen LogP contribution >= 0.6 is 0 Å². The first-order valence-electron chi connectivity index (χ1n) is 3.68. The minimum absolute atomic E-state index is 0.305. The molecule has 0 aliphatic heterocycles. The van der Waals surface area contributed by atoms with E-state index >= 15 is 0 Å². The van der Waals surface area contributed by atoms with E-state index in [0.29, 0.717) is 5.69 Å². The van der Waals surface area contributed by atoms with Crippen LogP contribution in [0.1, 0.15) is 0 Å². The third-order valence-electron chi connectivity index (χ3n) is 1.48. The van der Waals surface area contributed by atoms with Gasteiger partial charge in [0.15, 0.2) is 6.19 Å². The fourth-order valence-corrected chi connectivity index (χ4v) is 0.928. The van der Waals surface area contributed by atoms with E-state index in [1.165, 1.54) is 0 Å². The minimum atomic E-state index is -1.02. The van der Waals surface area contributed by atoms with Crippen LogP contribution < -0.4 is 4.90 Å². The van der Waals surface area contributed by atoms with Crippen LogP contribution in [0.25, 0.3) is 0 Å². The van der Waals surface area contributed by atoms with Crippen molar-refractivity contribution in [2.24, 2.45) is 0 Å². The highest BCUT2D eigenvalue weighted by Crippen LogP contribution is 2.10. The Labute approximate surface area is 75.6 Å². The van der Waals surface area contributed by atoms with Crippen LogP contribution in [0.2, 0.25) is 0 Å². The summed E-state index contributed by atoms with van der Waals surface area (Å²) in [5, 5.41) is 17.1. The van der Waals surface area contributed by atoms with Crippen molar-refractivity contribution in [3.63, 3.8) is 0 Å². The summed E-state index contributed by atoms with van der Waals surface area (Å²) in [6.45, 7) is -0.305. The normalized spacial score (nSPS) is 8.85. The van der Waals surface area contributed by atoms with Gasteiger partial charge in [-0.3, -0.25) is 9.69 Å². The maximum atomic E-state index is 10.3. The summed E-state index contributed by atoms with van der Waals surface area (Å²) >= 11 is 0. The Kier molecular flexibility index (Phi) is 2.87. The van der Waals surface area contributed by atoms with E-state index in [-0.39, 0.29) is 6.54 Å². The molecule has 0 radical (unpaired) electrons. The van der Waals surface area contributed by atoms with E-state index in [0.717, 1.165) is 4.90 Å². The summed E-state index contributed by atoms with van der Waals surface area (Å²) in [6, 6.07) is 8.68. The zero-order valence-corrected chi connectivity index (χ0v) is 6.84. The number of hydrogen-bond acceptors (Lipinski definition) is 3. The Bertz CT molecular complexity index is 329. The number of aliphatic carboxylic acids is 1. The van der Waals surface area contributed by atoms with Gasteiger partial charge in [0.05, 0.1) is 5.69 Å². The minimum Gasteiger partial charge on any atom is -0.480 e. The van der Waals surface area contributed by atoms with Crippen molar-refractivity contribution in [3.8, 4) is 6.19 Å². The zero-order valence-electron chi connectivity index (χ0n) is 6.84. The summed E-state index contributed by atoms with van der Waals surface area (Å²) in [5.74, 6) is -1.02. The monoisotopic (exact) mass is 176 g/mol.